The van der Waals surface area contributed by atoms with Crippen molar-refractivity contribution in [2.24, 2.45) is 0 Å². The Bertz CT molecular complexity index is 531. The van der Waals surface area contributed by atoms with Crippen molar-refractivity contribution >= 4 is 5.78 Å². The van der Waals surface area contributed by atoms with Crippen LogP contribution in [0.5, 0.6) is 0 Å². The van der Waals surface area contributed by atoms with Crippen LogP contribution in [0.3, 0.4) is 0 Å². The summed E-state index contributed by atoms with van der Waals surface area (Å²) in [5.41, 5.74) is 0.990. The van der Waals surface area contributed by atoms with Gasteiger partial charge in [0.2, 0.25) is 5.78 Å². The molecule has 5 heteroatoms. The van der Waals surface area contributed by atoms with E-state index in [9.17, 15) is 5.11 Å². The van der Waals surface area contributed by atoms with E-state index in [-0.39, 0.29) is 12.1 Å². The molecule has 1 fully saturated rings. The van der Waals surface area contributed by atoms with Crippen molar-refractivity contribution < 1.29 is 5.11 Å². The van der Waals surface area contributed by atoms with Crippen LogP contribution in [-0.2, 0) is 6.54 Å². The van der Waals surface area contributed by atoms with E-state index in [0.717, 1.165) is 24.3 Å². The van der Waals surface area contributed by atoms with Gasteiger partial charge in [-0.15, -0.1) is 0 Å². The zero-order valence-corrected chi connectivity index (χ0v) is 10.3. The Morgan fingerprint density at radius 3 is 2.94 bits per heavy atom. The Kier molecular flexibility index (Phi) is 3.01. The predicted octanol–water partition coefficient (Wildman–Crippen LogP) is 1.12. The van der Waals surface area contributed by atoms with Crippen molar-refractivity contribution in [1.29, 1.82) is 0 Å². The van der Waals surface area contributed by atoms with Crippen molar-refractivity contribution in [3.8, 4) is 0 Å². The Morgan fingerprint density at radius 2 is 2.17 bits per heavy atom. The van der Waals surface area contributed by atoms with Crippen LogP contribution in [0.4, 0.5) is 0 Å². The van der Waals surface area contributed by atoms with Gasteiger partial charge in [-0.1, -0.05) is 12.8 Å². The van der Waals surface area contributed by atoms with E-state index < -0.39 is 0 Å². The maximum absolute atomic E-state index is 9.56. The molecule has 0 atom stereocenters. The van der Waals surface area contributed by atoms with Crippen LogP contribution in [0.2, 0.25) is 0 Å². The summed E-state index contributed by atoms with van der Waals surface area (Å²) in [5, 5.41) is 13.1. The van der Waals surface area contributed by atoms with Gasteiger partial charge in [-0.3, -0.25) is 4.40 Å². The van der Waals surface area contributed by atoms with Gasteiger partial charge in [0.1, 0.15) is 0 Å². The van der Waals surface area contributed by atoms with Crippen LogP contribution in [0.15, 0.2) is 24.7 Å². The fraction of sp³-hybridized carbons (Fsp3) is 0.538. The maximum Gasteiger partial charge on any atom is 0.233 e. The van der Waals surface area contributed by atoms with E-state index in [4.69, 9.17) is 0 Å². The second-order valence-corrected chi connectivity index (χ2v) is 5.04. The van der Waals surface area contributed by atoms with Gasteiger partial charge in [0.15, 0.2) is 0 Å². The van der Waals surface area contributed by atoms with E-state index in [1.54, 1.807) is 6.20 Å². The number of aliphatic hydroxyl groups is 1. The number of fused-ring (bicyclic) bond motifs is 1. The van der Waals surface area contributed by atoms with Crippen LogP contribution in [0, 0.1) is 0 Å². The first-order chi connectivity index (χ1) is 8.83. The smallest absolute Gasteiger partial charge is 0.233 e. The van der Waals surface area contributed by atoms with Gasteiger partial charge >= 0.3 is 0 Å². The maximum atomic E-state index is 9.56. The van der Waals surface area contributed by atoms with Crippen molar-refractivity contribution in [1.82, 2.24) is 19.7 Å². The van der Waals surface area contributed by atoms with Crippen LogP contribution < -0.4 is 5.32 Å². The number of hydrogen-bond donors (Lipinski definition) is 2. The van der Waals surface area contributed by atoms with E-state index in [1.807, 2.05) is 22.9 Å². The Hall–Kier alpha value is -1.46. The summed E-state index contributed by atoms with van der Waals surface area (Å²) >= 11 is 0. The molecule has 1 aliphatic carbocycles. The van der Waals surface area contributed by atoms with E-state index in [1.165, 1.54) is 12.8 Å². The number of aromatic nitrogens is 3. The molecule has 0 unspecified atom stereocenters. The molecule has 3 rings (SSSR count). The first kappa shape index (κ1) is 11.6. The standard InChI is InChI=1S/C13H18N4O/c18-10-13(4-1-2-5-13)16-9-11-8-15-12-14-6-3-7-17(11)12/h3,6-8,16,18H,1-2,4-5,9-10H2. The van der Waals surface area contributed by atoms with Crippen LogP contribution in [-0.4, -0.2) is 31.6 Å². The lowest BCUT2D eigenvalue weighted by atomic mass is 9.99. The minimum absolute atomic E-state index is 0.0909. The number of rotatable bonds is 4. The molecular weight excluding hydrogens is 228 g/mol. The van der Waals surface area contributed by atoms with Gasteiger partial charge in [0.25, 0.3) is 0 Å². The summed E-state index contributed by atoms with van der Waals surface area (Å²) in [7, 11) is 0. The molecule has 0 aromatic carbocycles. The van der Waals surface area contributed by atoms with Crippen molar-refractivity contribution in [3.05, 3.63) is 30.4 Å². The van der Waals surface area contributed by atoms with Gasteiger partial charge in [-0.05, 0) is 18.9 Å². The summed E-state index contributed by atoms with van der Waals surface area (Å²) in [6, 6.07) is 1.90. The number of aliphatic hydroxyl groups excluding tert-OH is 1. The molecule has 0 spiro atoms. The number of imidazole rings is 1. The molecule has 2 heterocycles. The number of nitrogens with zero attached hydrogens (tertiary/aromatic N) is 3. The van der Waals surface area contributed by atoms with Crippen LogP contribution in [0.25, 0.3) is 5.78 Å². The van der Waals surface area contributed by atoms with Gasteiger partial charge in [0.05, 0.1) is 18.5 Å². The molecule has 1 aliphatic rings. The Morgan fingerprint density at radius 1 is 1.33 bits per heavy atom. The average molecular weight is 246 g/mol. The Balaban J connectivity index is 1.76. The highest BCUT2D eigenvalue weighted by molar-refractivity contribution is 5.30. The van der Waals surface area contributed by atoms with Crippen molar-refractivity contribution in [2.75, 3.05) is 6.61 Å². The third-order valence-corrected chi connectivity index (χ3v) is 3.87. The topological polar surface area (TPSA) is 62.5 Å². The summed E-state index contributed by atoms with van der Waals surface area (Å²) < 4.78 is 1.98. The van der Waals surface area contributed by atoms with Gasteiger partial charge in [0, 0.05) is 24.5 Å². The average Bonchev–Trinajstić information content (AvgIpc) is 3.04. The number of nitrogens with one attached hydrogen (secondary N) is 1. The fourth-order valence-electron chi connectivity index (χ4n) is 2.73. The van der Waals surface area contributed by atoms with E-state index >= 15 is 0 Å². The quantitative estimate of drug-likeness (QED) is 0.848. The third-order valence-electron chi connectivity index (χ3n) is 3.87. The number of hydrogen-bond acceptors (Lipinski definition) is 4. The SMILES string of the molecule is OCC1(NCc2cnc3ncccn23)CCCC1. The highest BCUT2D eigenvalue weighted by Crippen LogP contribution is 2.29. The van der Waals surface area contributed by atoms with Crippen molar-refractivity contribution in [3.63, 3.8) is 0 Å². The fourth-order valence-corrected chi connectivity index (χ4v) is 2.73. The van der Waals surface area contributed by atoms with Crippen LogP contribution >= 0.6 is 0 Å². The largest absolute Gasteiger partial charge is 0.394 e. The van der Waals surface area contributed by atoms with Gasteiger partial charge in [-0.2, -0.15) is 0 Å². The lowest BCUT2D eigenvalue weighted by Gasteiger charge is -2.27. The molecule has 2 aromatic heterocycles. The highest BCUT2D eigenvalue weighted by atomic mass is 16.3. The molecule has 0 aliphatic heterocycles. The molecular formula is C13H18N4O. The third kappa shape index (κ3) is 2.00. The second-order valence-electron chi connectivity index (χ2n) is 5.04. The minimum atomic E-state index is -0.0909. The summed E-state index contributed by atoms with van der Waals surface area (Å²) in [4.78, 5) is 8.46. The molecule has 0 saturated heterocycles. The lowest BCUT2D eigenvalue weighted by Crippen LogP contribution is -2.45. The molecule has 0 amide bonds. The van der Waals surface area contributed by atoms with E-state index in [0.29, 0.717) is 6.54 Å². The second kappa shape index (κ2) is 4.66. The van der Waals surface area contributed by atoms with Gasteiger partial charge < -0.3 is 10.4 Å². The minimum Gasteiger partial charge on any atom is -0.394 e. The van der Waals surface area contributed by atoms with E-state index in [2.05, 4.69) is 15.3 Å². The van der Waals surface area contributed by atoms with Crippen LogP contribution in [0.1, 0.15) is 31.4 Å². The zero-order chi connectivity index (χ0) is 12.4. The molecule has 2 N–H and O–H groups in total. The molecule has 0 radical (unpaired) electrons. The summed E-state index contributed by atoms with van der Waals surface area (Å²) in [6.07, 6.45) is 10.1. The zero-order valence-electron chi connectivity index (χ0n) is 10.3. The highest BCUT2D eigenvalue weighted by Gasteiger charge is 2.32. The Labute approximate surface area is 106 Å². The normalized spacial score (nSPS) is 18.5. The summed E-state index contributed by atoms with van der Waals surface area (Å²) in [6.45, 7) is 0.926. The van der Waals surface area contributed by atoms with Gasteiger partial charge in [-0.25, -0.2) is 9.97 Å². The molecule has 18 heavy (non-hydrogen) atoms. The van der Waals surface area contributed by atoms with Crippen molar-refractivity contribution in [2.45, 2.75) is 37.8 Å². The monoisotopic (exact) mass is 246 g/mol. The lowest BCUT2D eigenvalue weighted by molar-refractivity contribution is 0.162. The predicted molar refractivity (Wildman–Crippen MR) is 68.1 cm³/mol. The molecule has 0 bridgehead atoms. The summed E-state index contributed by atoms with van der Waals surface area (Å²) in [5.74, 6) is 0.721. The molecule has 96 valence electrons. The molecule has 1 saturated carbocycles. The molecule has 5 nitrogen and oxygen atoms in total. The first-order valence-electron chi connectivity index (χ1n) is 6.46. The molecule has 2 aromatic rings. The first-order valence-corrected chi connectivity index (χ1v) is 6.46.